The zero-order valence-electron chi connectivity index (χ0n) is 10.9. The van der Waals surface area contributed by atoms with E-state index in [4.69, 9.17) is 10.5 Å². The van der Waals surface area contributed by atoms with E-state index in [1.54, 1.807) is 6.20 Å². The number of hydrogen-bond donors (Lipinski definition) is 1. The van der Waals surface area contributed by atoms with E-state index in [-0.39, 0.29) is 12.4 Å². The van der Waals surface area contributed by atoms with Crippen molar-refractivity contribution in [3.63, 3.8) is 0 Å². The highest BCUT2D eigenvalue weighted by atomic mass is 35.5. The van der Waals surface area contributed by atoms with Crippen LogP contribution in [-0.4, -0.2) is 22.9 Å². The van der Waals surface area contributed by atoms with Gasteiger partial charge in [0.15, 0.2) is 5.75 Å². The van der Waals surface area contributed by atoms with Crippen LogP contribution in [0.1, 0.15) is 38.5 Å². The van der Waals surface area contributed by atoms with Crippen LogP contribution in [0.5, 0.6) is 5.75 Å². The summed E-state index contributed by atoms with van der Waals surface area (Å²) < 4.78 is 7.41. The van der Waals surface area contributed by atoms with Crippen molar-refractivity contribution in [2.75, 3.05) is 13.2 Å². The maximum atomic E-state index is 5.42. The third kappa shape index (κ3) is 4.86. The second kappa shape index (κ2) is 8.38. The van der Waals surface area contributed by atoms with Gasteiger partial charge in [-0.2, -0.15) is 5.10 Å². The van der Waals surface area contributed by atoms with Crippen LogP contribution >= 0.6 is 12.4 Å². The largest absolute Gasteiger partial charge is 0.489 e. The lowest BCUT2D eigenvalue weighted by atomic mass is 9.87. The zero-order chi connectivity index (χ0) is 11.9. The van der Waals surface area contributed by atoms with E-state index in [1.807, 2.05) is 10.9 Å². The molecule has 18 heavy (non-hydrogen) atoms. The molecular formula is C13H24ClN3O. The van der Waals surface area contributed by atoms with Crippen molar-refractivity contribution in [3.8, 4) is 5.75 Å². The summed E-state index contributed by atoms with van der Waals surface area (Å²) in [5.74, 6) is 1.74. The molecule has 2 rings (SSSR count). The first kappa shape index (κ1) is 15.3. The van der Waals surface area contributed by atoms with Crippen molar-refractivity contribution in [3.05, 3.63) is 12.4 Å². The first-order valence-corrected chi connectivity index (χ1v) is 6.74. The van der Waals surface area contributed by atoms with Crippen LogP contribution in [0.3, 0.4) is 0 Å². The predicted octanol–water partition coefficient (Wildman–Crippen LogP) is 2.61. The lowest BCUT2D eigenvalue weighted by molar-refractivity contribution is 0.316. The summed E-state index contributed by atoms with van der Waals surface area (Å²) in [5, 5.41) is 4.30. The molecule has 1 aromatic rings. The Bertz CT molecular complexity index is 324. The molecule has 0 amide bonds. The highest BCUT2D eigenvalue weighted by Gasteiger charge is 2.13. The van der Waals surface area contributed by atoms with Crippen molar-refractivity contribution in [2.24, 2.45) is 11.7 Å². The molecule has 0 radical (unpaired) electrons. The smallest absolute Gasteiger partial charge is 0.157 e. The Labute approximate surface area is 115 Å². The van der Waals surface area contributed by atoms with Crippen molar-refractivity contribution in [1.29, 1.82) is 0 Å². The van der Waals surface area contributed by atoms with E-state index in [9.17, 15) is 0 Å². The van der Waals surface area contributed by atoms with Crippen LogP contribution in [0.15, 0.2) is 12.4 Å². The van der Waals surface area contributed by atoms with Crippen LogP contribution in [0.2, 0.25) is 0 Å². The lowest BCUT2D eigenvalue weighted by Crippen LogP contribution is -2.11. The number of nitrogens with two attached hydrogens (primary N) is 1. The molecule has 2 N–H and O–H groups in total. The van der Waals surface area contributed by atoms with Gasteiger partial charge in [0.05, 0.1) is 12.4 Å². The first-order valence-electron chi connectivity index (χ1n) is 6.74. The van der Waals surface area contributed by atoms with Gasteiger partial charge in [0.2, 0.25) is 0 Å². The van der Waals surface area contributed by atoms with E-state index < -0.39 is 0 Å². The molecule has 0 bridgehead atoms. The van der Waals surface area contributed by atoms with E-state index in [0.29, 0.717) is 13.2 Å². The Morgan fingerprint density at radius 2 is 2.11 bits per heavy atom. The van der Waals surface area contributed by atoms with Gasteiger partial charge in [0.1, 0.15) is 6.61 Å². The first-order chi connectivity index (χ1) is 8.38. The van der Waals surface area contributed by atoms with Crippen LogP contribution < -0.4 is 10.5 Å². The van der Waals surface area contributed by atoms with Gasteiger partial charge in [-0.1, -0.05) is 32.1 Å². The van der Waals surface area contributed by atoms with Gasteiger partial charge < -0.3 is 10.5 Å². The minimum absolute atomic E-state index is 0. The Morgan fingerprint density at radius 3 is 2.83 bits per heavy atom. The quantitative estimate of drug-likeness (QED) is 0.867. The summed E-state index contributed by atoms with van der Waals surface area (Å²) in [4.78, 5) is 0. The van der Waals surface area contributed by atoms with Gasteiger partial charge in [-0.05, 0) is 12.3 Å². The number of rotatable bonds is 6. The lowest BCUT2D eigenvalue weighted by Gasteiger charge is -2.21. The van der Waals surface area contributed by atoms with Crippen LogP contribution in [-0.2, 0) is 6.54 Å². The summed E-state index contributed by atoms with van der Waals surface area (Å²) in [5.41, 5.74) is 5.39. The standard InChI is InChI=1S/C13H23N3O.ClH/c14-7-9-17-13-10-15-16(11-13)8-6-12-4-2-1-3-5-12;/h10-12H,1-9,14H2;1H. The molecule has 0 spiro atoms. The van der Waals surface area contributed by atoms with Gasteiger partial charge in [0, 0.05) is 13.1 Å². The summed E-state index contributed by atoms with van der Waals surface area (Å²) in [6, 6.07) is 0. The molecule has 1 aromatic heterocycles. The summed E-state index contributed by atoms with van der Waals surface area (Å²) >= 11 is 0. The molecule has 1 aliphatic rings. The molecular weight excluding hydrogens is 250 g/mol. The molecule has 4 nitrogen and oxygen atoms in total. The molecule has 1 fully saturated rings. The van der Waals surface area contributed by atoms with Gasteiger partial charge >= 0.3 is 0 Å². The molecule has 0 aliphatic heterocycles. The topological polar surface area (TPSA) is 53.1 Å². The van der Waals surface area contributed by atoms with Gasteiger partial charge in [0.25, 0.3) is 0 Å². The molecule has 1 aliphatic carbocycles. The van der Waals surface area contributed by atoms with Crippen molar-refractivity contribution in [1.82, 2.24) is 9.78 Å². The number of ether oxygens (including phenoxy) is 1. The number of halogens is 1. The Hall–Kier alpha value is -0.740. The molecule has 5 heteroatoms. The van der Waals surface area contributed by atoms with Crippen LogP contribution in [0, 0.1) is 5.92 Å². The fraction of sp³-hybridized carbons (Fsp3) is 0.769. The Morgan fingerprint density at radius 1 is 1.33 bits per heavy atom. The third-order valence-electron chi connectivity index (χ3n) is 3.49. The highest BCUT2D eigenvalue weighted by molar-refractivity contribution is 5.85. The van der Waals surface area contributed by atoms with Crippen molar-refractivity contribution >= 4 is 12.4 Å². The van der Waals surface area contributed by atoms with E-state index >= 15 is 0 Å². The zero-order valence-corrected chi connectivity index (χ0v) is 11.7. The Kier molecular flexibility index (Phi) is 7.13. The van der Waals surface area contributed by atoms with E-state index in [0.717, 1.165) is 18.2 Å². The predicted molar refractivity (Wildman–Crippen MR) is 75.2 cm³/mol. The maximum Gasteiger partial charge on any atom is 0.157 e. The highest BCUT2D eigenvalue weighted by Crippen LogP contribution is 2.26. The van der Waals surface area contributed by atoms with Gasteiger partial charge in [-0.15, -0.1) is 12.4 Å². The van der Waals surface area contributed by atoms with Gasteiger partial charge in [-0.3, -0.25) is 4.68 Å². The molecule has 0 aromatic carbocycles. The molecule has 1 heterocycles. The number of aryl methyl sites for hydroxylation is 1. The fourth-order valence-corrected chi connectivity index (χ4v) is 2.51. The molecule has 1 saturated carbocycles. The normalized spacial score (nSPS) is 16.3. The Balaban J connectivity index is 0.00000162. The number of hydrogen-bond acceptors (Lipinski definition) is 3. The SMILES string of the molecule is Cl.NCCOc1cnn(CCC2CCCCC2)c1. The fourth-order valence-electron chi connectivity index (χ4n) is 2.51. The second-order valence-corrected chi connectivity index (χ2v) is 4.87. The minimum atomic E-state index is 0. The maximum absolute atomic E-state index is 5.42. The average Bonchev–Trinajstić information content (AvgIpc) is 2.83. The average molecular weight is 274 g/mol. The van der Waals surface area contributed by atoms with Gasteiger partial charge in [-0.25, -0.2) is 0 Å². The molecule has 0 saturated heterocycles. The van der Waals surface area contributed by atoms with E-state index in [2.05, 4.69) is 5.10 Å². The summed E-state index contributed by atoms with van der Waals surface area (Å²) in [7, 11) is 0. The molecule has 104 valence electrons. The summed E-state index contributed by atoms with van der Waals surface area (Å²) in [6.45, 7) is 2.12. The monoisotopic (exact) mass is 273 g/mol. The minimum Gasteiger partial charge on any atom is -0.489 e. The number of nitrogens with zero attached hydrogens (tertiary/aromatic N) is 2. The summed E-state index contributed by atoms with van der Waals surface area (Å²) in [6.07, 6.45) is 12.0. The second-order valence-electron chi connectivity index (χ2n) is 4.87. The van der Waals surface area contributed by atoms with Crippen molar-refractivity contribution < 1.29 is 4.74 Å². The number of aromatic nitrogens is 2. The van der Waals surface area contributed by atoms with Crippen LogP contribution in [0.4, 0.5) is 0 Å². The van der Waals surface area contributed by atoms with Crippen molar-refractivity contribution in [2.45, 2.75) is 45.1 Å². The van der Waals surface area contributed by atoms with Crippen LogP contribution in [0.25, 0.3) is 0 Å². The molecule has 0 unspecified atom stereocenters. The van der Waals surface area contributed by atoms with E-state index in [1.165, 1.54) is 38.5 Å². The molecule has 0 atom stereocenters. The third-order valence-corrected chi connectivity index (χ3v) is 3.49.